The number of hydrogen-bond acceptors (Lipinski definition) is 3. The number of ether oxygens (including phenoxy) is 1. The number of carbonyl (C=O) groups is 1. The molecule has 0 radical (unpaired) electrons. The second kappa shape index (κ2) is 9.37. The molecular formula is C16H26N2O2. The number of anilines is 2. The fourth-order valence-corrected chi connectivity index (χ4v) is 1.85. The van der Waals surface area contributed by atoms with Crippen LogP contribution < -0.4 is 11.1 Å². The number of hydrogen-bond donors (Lipinski definition) is 2. The van der Waals surface area contributed by atoms with E-state index in [0.717, 1.165) is 25.4 Å². The highest BCUT2D eigenvalue weighted by atomic mass is 16.5. The van der Waals surface area contributed by atoms with E-state index in [1.807, 2.05) is 12.1 Å². The van der Waals surface area contributed by atoms with E-state index in [2.05, 4.69) is 19.2 Å². The summed E-state index contributed by atoms with van der Waals surface area (Å²) in [5, 5.41) is 2.81. The first-order valence-corrected chi connectivity index (χ1v) is 7.31. The third-order valence-corrected chi connectivity index (χ3v) is 3.00. The van der Waals surface area contributed by atoms with Crippen molar-refractivity contribution in [2.75, 3.05) is 24.3 Å². The summed E-state index contributed by atoms with van der Waals surface area (Å²) in [6, 6.07) is 7.27. The van der Waals surface area contributed by atoms with Gasteiger partial charge >= 0.3 is 0 Å². The SMILES string of the molecule is CC(C)CCCOCCCC(=O)Nc1ccccc1N. The van der Waals surface area contributed by atoms with Crippen molar-refractivity contribution in [2.45, 2.75) is 39.5 Å². The molecule has 0 aromatic heterocycles. The van der Waals surface area contributed by atoms with Crippen LogP contribution in [0.5, 0.6) is 0 Å². The van der Waals surface area contributed by atoms with E-state index < -0.39 is 0 Å². The van der Waals surface area contributed by atoms with Gasteiger partial charge in [-0.25, -0.2) is 0 Å². The van der Waals surface area contributed by atoms with Crippen LogP contribution in [0, 0.1) is 5.92 Å². The summed E-state index contributed by atoms with van der Waals surface area (Å²) in [6.07, 6.45) is 3.47. The molecular weight excluding hydrogens is 252 g/mol. The van der Waals surface area contributed by atoms with E-state index in [4.69, 9.17) is 10.5 Å². The number of amides is 1. The molecule has 0 unspecified atom stereocenters. The van der Waals surface area contributed by atoms with Gasteiger partial charge in [-0.3, -0.25) is 4.79 Å². The lowest BCUT2D eigenvalue weighted by Gasteiger charge is -2.08. The van der Waals surface area contributed by atoms with Crippen molar-refractivity contribution in [1.82, 2.24) is 0 Å². The van der Waals surface area contributed by atoms with E-state index in [0.29, 0.717) is 24.4 Å². The molecule has 0 heterocycles. The molecule has 1 aromatic rings. The number of para-hydroxylation sites is 2. The summed E-state index contributed by atoms with van der Waals surface area (Å²) in [5.41, 5.74) is 7.03. The summed E-state index contributed by atoms with van der Waals surface area (Å²) in [6.45, 7) is 5.83. The van der Waals surface area contributed by atoms with Crippen LogP contribution in [-0.2, 0) is 9.53 Å². The summed E-state index contributed by atoms with van der Waals surface area (Å²) in [7, 11) is 0. The molecule has 4 nitrogen and oxygen atoms in total. The van der Waals surface area contributed by atoms with Crippen LogP contribution in [-0.4, -0.2) is 19.1 Å². The van der Waals surface area contributed by atoms with Gasteiger partial charge in [0.05, 0.1) is 11.4 Å². The Kier molecular flexibility index (Phi) is 7.73. The van der Waals surface area contributed by atoms with Crippen LogP contribution in [0.1, 0.15) is 39.5 Å². The van der Waals surface area contributed by atoms with Crippen LogP contribution in [0.3, 0.4) is 0 Å². The predicted octanol–water partition coefficient (Wildman–Crippen LogP) is 3.44. The first-order chi connectivity index (χ1) is 9.59. The highest BCUT2D eigenvalue weighted by Gasteiger charge is 2.04. The van der Waals surface area contributed by atoms with Gasteiger partial charge in [-0.05, 0) is 37.3 Å². The van der Waals surface area contributed by atoms with Crippen LogP contribution >= 0.6 is 0 Å². The molecule has 0 fully saturated rings. The van der Waals surface area contributed by atoms with Crippen molar-refractivity contribution < 1.29 is 9.53 Å². The molecule has 20 heavy (non-hydrogen) atoms. The lowest BCUT2D eigenvalue weighted by atomic mass is 10.1. The number of carbonyl (C=O) groups excluding carboxylic acids is 1. The molecule has 1 rings (SSSR count). The molecule has 0 atom stereocenters. The number of nitrogen functional groups attached to an aromatic ring is 1. The van der Waals surface area contributed by atoms with Crippen molar-refractivity contribution in [2.24, 2.45) is 5.92 Å². The maximum absolute atomic E-state index is 11.7. The second-order valence-electron chi connectivity index (χ2n) is 5.39. The standard InChI is InChI=1S/C16H26N2O2/c1-13(2)7-5-11-20-12-6-10-16(19)18-15-9-4-3-8-14(15)17/h3-4,8-9,13H,5-7,10-12,17H2,1-2H3,(H,18,19). The first-order valence-electron chi connectivity index (χ1n) is 7.31. The Balaban J connectivity index is 2.08. The monoisotopic (exact) mass is 278 g/mol. The van der Waals surface area contributed by atoms with Gasteiger partial charge in [0.1, 0.15) is 0 Å². The van der Waals surface area contributed by atoms with Crippen LogP contribution in [0.4, 0.5) is 11.4 Å². The average molecular weight is 278 g/mol. The Morgan fingerprint density at radius 2 is 1.95 bits per heavy atom. The summed E-state index contributed by atoms with van der Waals surface area (Å²) in [4.78, 5) is 11.7. The van der Waals surface area contributed by atoms with Crippen molar-refractivity contribution in [1.29, 1.82) is 0 Å². The largest absolute Gasteiger partial charge is 0.397 e. The molecule has 1 aromatic carbocycles. The molecule has 1 amide bonds. The van der Waals surface area contributed by atoms with Gasteiger partial charge in [0, 0.05) is 19.6 Å². The molecule has 0 bridgehead atoms. The van der Waals surface area contributed by atoms with Gasteiger partial charge in [-0.15, -0.1) is 0 Å². The van der Waals surface area contributed by atoms with Crippen LogP contribution in [0.25, 0.3) is 0 Å². The van der Waals surface area contributed by atoms with Gasteiger partial charge in [-0.2, -0.15) is 0 Å². The summed E-state index contributed by atoms with van der Waals surface area (Å²) < 4.78 is 5.50. The zero-order valence-electron chi connectivity index (χ0n) is 12.5. The average Bonchev–Trinajstić information content (AvgIpc) is 2.40. The molecule has 3 N–H and O–H groups in total. The Morgan fingerprint density at radius 3 is 2.65 bits per heavy atom. The zero-order valence-corrected chi connectivity index (χ0v) is 12.5. The molecule has 0 aliphatic carbocycles. The minimum absolute atomic E-state index is 0.0197. The highest BCUT2D eigenvalue weighted by Crippen LogP contribution is 2.16. The van der Waals surface area contributed by atoms with E-state index in [1.54, 1.807) is 12.1 Å². The van der Waals surface area contributed by atoms with E-state index in [9.17, 15) is 4.79 Å². The Labute approximate surface area is 121 Å². The summed E-state index contributed by atoms with van der Waals surface area (Å²) >= 11 is 0. The van der Waals surface area contributed by atoms with Gasteiger partial charge in [-0.1, -0.05) is 26.0 Å². The smallest absolute Gasteiger partial charge is 0.224 e. The van der Waals surface area contributed by atoms with Crippen LogP contribution in [0.2, 0.25) is 0 Å². The predicted molar refractivity (Wildman–Crippen MR) is 83.6 cm³/mol. The Morgan fingerprint density at radius 1 is 1.25 bits per heavy atom. The minimum Gasteiger partial charge on any atom is -0.397 e. The van der Waals surface area contributed by atoms with Crippen molar-refractivity contribution >= 4 is 17.3 Å². The van der Waals surface area contributed by atoms with Crippen LogP contribution in [0.15, 0.2) is 24.3 Å². The maximum Gasteiger partial charge on any atom is 0.224 e. The fraction of sp³-hybridized carbons (Fsp3) is 0.562. The number of nitrogens with one attached hydrogen (secondary N) is 1. The fourth-order valence-electron chi connectivity index (χ4n) is 1.85. The molecule has 0 aliphatic heterocycles. The molecule has 0 saturated carbocycles. The van der Waals surface area contributed by atoms with Gasteiger partial charge in [0.15, 0.2) is 0 Å². The highest BCUT2D eigenvalue weighted by molar-refractivity contribution is 5.93. The first kappa shape index (κ1) is 16.5. The lowest BCUT2D eigenvalue weighted by Crippen LogP contribution is -2.13. The number of rotatable bonds is 9. The molecule has 0 spiro atoms. The third kappa shape index (κ3) is 7.14. The second-order valence-corrected chi connectivity index (χ2v) is 5.39. The van der Waals surface area contributed by atoms with E-state index in [1.165, 1.54) is 6.42 Å². The summed E-state index contributed by atoms with van der Waals surface area (Å²) in [5.74, 6) is 0.703. The van der Waals surface area contributed by atoms with Crippen molar-refractivity contribution in [3.63, 3.8) is 0 Å². The quantitative estimate of drug-likeness (QED) is 0.537. The minimum atomic E-state index is -0.0197. The molecule has 4 heteroatoms. The number of benzene rings is 1. The van der Waals surface area contributed by atoms with Crippen molar-refractivity contribution in [3.8, 4) is 0 Å². The van der Waals surface area contributed by atoms with Gasteiger partial charge in [0.2, 0.25) is 5.91 Å². The topological polar surface area (TPSA) is 64.3 Å². The van der Waals surface area contributed by atoms with Gasteiger partial charge in [0.25, 0.3) is 0 Å². The number of nitrogens with two attached hydrogens (primary N) is 1. The van der Waals surface area contributed by atoms with E-state index >= 15 is 0 Å². The molecule has 112 valence electrons. The normalized spacial score (nSPS) is 10.8. The van der Waals surface area contributed by atoms with Gasteiger partial charge < -0.3 is 15.8 Å². The maximum atomic E-state index is 11.7. The Bertz CT molecular complexity index is 405. The molecule has 0 saturated heterocycles. The van der Waals surface area contributed by atoms with E-state index in [-0.39, 0.29) is 5.91 Å². The lowest BCUT2D eigenvalue weighted by molar-refractivity contribution is -0.116. The molecule has 0 aliphatic rings. The zero-order chi connectivity index (χ0) is 14.8. The van der Waals surface area contributed by atoms with Crippen molar-refractivity contribution in [3.05, 3.63) is 24.3 Å². The third-order valence-electron chi connectivity index (χ3n) is 3.00. The Hall–Kier alpha value is -1.55.